The molecule has 1 saturated heterocycles. The Morgan fingerprint density at radius 2 is 1.81 bits per heavy atom. The number of carbonyl (C=O) groups excluding carboxylic acids is 1. The maximum atomic E-state index is 13.7. The SMILES string of the molecule is Cc1ccc(NC(=O)c2cc(Cl)c(O)c(Cl)c2)c2c(=O)n(Cc3ccccc3N3CCOCC3)cnc12. The van der Waals surface area contributed by atoms with Crippen LogP contribution in [0.4, 0.5) is 11.4 Å². The average Bonchev–Trinajstić information content (AvgIpc) is 2.90. The quantitative estimate of drug-likeness (QED) is 0.376. The Bertz CT molecular complexity index is 1540. The number of nitrogens with zero attached hydrogens (tertiary/aromatic N) is 3. The van der Waals surface area contributed by atoms with Crippen LogP contribution in [0.15, 0.2) is 59.7 Å². The van der Waals surface area contributed by atoms with Crippen molar-refractivity contribution in [1.29, 1.82) is 0 Å². The topological polar surface area (TPSA) is 96.7 Å². The summed E-state index contributed by atoms with van der Waals surface area (Å²) in [5.41, 5.74) is 3.53. The van der Waals surface area contributed by atoms with Gasteiger partial charge in [0.2, 0.25) is 0 Å². The zero-order chi connectivity index (χ0) is 26.1. The normalized spacial score (nSPS) is 13.6. The van der Waals surface area contributed by atoms with Gasteiger partial charge in [0, 0.05) is 24.3 Å². The molecule has 0 unspecified atom stereocenters. The van der Waals surface area contributed by atoms with Gasteiger partial charge in [0.1, 0.15) is 0 Å². The predicted octanol–water partition coefficient (Wildman–Crippen LogP) is 4.85. The number of aromatic hydroxyl groups is 1. The molecular weight excluding hydrogens is 515 g/mol. The molecule has 0 aliphatic carbocycles. The second kappa shape index (κ2) is 10.4. The van der Waals surface area contributed by atoms with Crippen molar-refractivity contribution in [2.45, 2.75) is 13.5 Å². The Balaban J connectivity index is 1.53. The zero-order valence-corrected chi connectivity index (χ0v) is 21.5. The van der Waals surface area contributed by atoms with E-state index in [0.717, 1.165) is 29.9 Å². The van der Waals surface area contributed by atoms with Crippen LogP contribution in [0.1, 0.15) is 21.5 Å². The minimum Gasteiger partial charge on any atom is -0.505 e. The summed E-state index contributed by atoms with van der Waals surface area (Å²) in [4.78, 5) is 33.6. The average molecular weight is 539 g/mol. The summed E-state index contributed by atoms with van der Waals surface area (Å²) in [6.45, 7) is 5.06. The summed E-state index contributed by atoms with van der Waals surface area (Å²) in [6, 6.07) is 14.1. The number of morpholine rings is 1. The second-order valence-corrected chi connectivity index (χ2v) is 9.62. The molecule has 0 bridgehead atoms. The monoisotopic (exact) mass is 538 g/mol. The fourth-order valence-corrected chi connectivity index (χ4v) is 4.94. The highest BCUT2D eigenvalue weighted by Gasteiger charge is 2.19. The van der Waals surface area contributed by atoms with Gasteiger partial charge in [-0.15, -0.1) is 0 Å². The number of ether oxygens (including phenoxy) is 1. The van der Waals surface area contributed by atoms with Crippen LogP contribution < -0.4 is 15.8 Å². The van der Waals surface area contributed by atoms with E-state index in [1.54, 1.807) is 23.0 Å². The van der Waals surface area contributed by atoms with Gasteiger partial charge >= 0.3 is 0 Å². The molecule has 1 fully saturated rings. The van der Waals surface area contributed by atoms with Crippen molar-refractivity contribution >= 4 is 51.4 Å². The van der Waals surface area contributed by atoms with Crippen LogP contribution in [0.3, 0.4) is 0 Å². The first kappa shape index (κ1) is 25.1. The standard InChI is InChI=1S/C27H24Cl2N4O4/c1-16-6-7-21(31-26(35)18-12-19(28)25(34)20(29)13-18)23-24(16)30-15-33(27(23)36)14-17-4-2-3-5-22(17)32-8-10-37-11-9-32/h2-7,12-13,15,34H,8-11,14H2,1H3,(H,31,35). The Morgan fingerprint density at radius 3 is 2.54 bits per heavy atom. The number of hydrogen-bond acceptors (Lipinski definition) is 6. The molecule has 37 heavy (non-hydrogen) atoms. The van der Waals surface area contributed by atoms with Gasteiger partial charge in [-0.25, -0.2) is 4.98 Å². The summed E-state index contributed by atoms with van der Waals surface area (Å²) < 4.78 is 7.03. The molecular formula is C27H24Cl2N4O4. The molecule has 4 aromatic rings. The van der Waals surface area contributed by atoms with E-state index in [1.165, 1.54) is 12.1 Å². The number of rotatable bonds is 5. The summed E-state index contributed by atoms with van der Waals surface area (Å²) in [6.07, 6.45) is 1.54. The number of amides is 1. The van der Waals surface area contributed by atoms with E-state index in [0.29, 0.717) is 36.3 Å². The molecule has 0 saturated carbocycles. The molecule has 2 N–H and O–H groups in total. The van der Waals surface area contributed by atoms with Gasteiger partial charge in [-0.3, -0.25) is 14.2 Å². The minimum atomic E-state index is -0.526. The van der Waals surface area contributed by atoms with Gasteiger partial charge in [0.05, 0.1) is 52.7 Å². The van der Waals surface area contributed by atoms with Crippen molar-refractivity contribution in [3.05, 3.63) is 91.9 Å². The van der Waals surface area contributed by atoms with Crippen molar-refractivity contribution < 1.29 is 14.6 Å². The number of phenolic OH excluding ortho intramolecular Hbond substituents is 1. The van der Waals surface area contributed by atoms with E-state index in [9.17, 15) is 14.7 Å². The smallest absolute Gasteiger partial charge is 0.263 e. The molecule has 5 rings (SSSR count). The number of carbonyl (C=O) groups is 1. The third-order valence-electron chi connectivity index (χ3n) is 6.39. The molecule has 1 aliphatic heterocycles. The number of aromatic nitrogens is 2. The highest BCUT2D eigenvalue weighted by atomic mass is 35.5. The fraction of sp³-hybridized carbons (Fsp3) is 0.222. The van der Waals surface area contributed by atoms with Crippen LogP contribution in [0.25, 0.3) is 10.9 Å². The van der Waals surface area contributed by atoms with Crippen LogP contribution in [0, 0.1) is 6.92 Å². The lowest BCUT2D eigenvalue weighted by atomic mass is 10.1. The van der Waals surface area contributed by atoms with E-state index in [-0.39, 0.29) is 26.9 Å². The molecule has 2 heterocycles. The zero-order valence-electron chi connectivity index (χ0n) is 20.0. The third-order valence-corrected chi connectivity index (χ3v) is 6.97. The largest absolute Gasteiger partial charge is 0.505 e. The number of para-hydroxylation sites is 1. The Morgan fingerprint density at radius 1 is 1.11 bits per heavy atom. The molecule has 3 aromatic carbocycles. The number of phenols is 1. The highest BCUT2D eigenvalue weighted by molar-refractivity contribution is 6.37. The lowest BCUT2D eigenvalue weighted by molar-refractivity contribution is 0.102. The van der Waals surface area contributed by atoms with Crippen LogP contribution >= 0.6 is 23.2 Å². The molecule has 10 heteroatoms. The minimum absolute atomic E-state index is 0.0469. The number of hydrogen-bond donors (Lipinski definition) is 2. The maximum absolute atomic E-state index is 13.7. The maximum Gasteiger partial charge on any atom is 0.263 e. The Labute approximate surface area is 223 Å². The van der Waals surface area contributed by atoms with Gasteiger partial charge < -0.3 is 20.1 Å². The molecule has 0 atom stereocenters. The molecule has 0 spiro atoms. The molecule has 190 valence electrons. The first-order valence-corrected chi connectivity index (χ1v) is 12.5. The number of benzene rings is 3. The summed E-state index contributed by atoms with van der Waals surface area (Å²) in [5.74, 6) is -0.827. The lowest BCUT2D eigenvalue weighted by Gasteiger charge is -2.30. The molecule has 0 radical (unpaired) electrons. The van der Waals surface area contributed by atoms with Crippen LogP contribution in [-0.4, -0.2) is 46.9 Å². The first-order chi connectivity index (χ1) is 17.8. The summed E-state index contributed by atoms with van der Waals surface area (Å²) in [7, 11) is 0. The summed E-state index contributed by atoms with van der Waals surface area (Å²) in [5, 5.41) is 12.8. The summed E-state index contributed by atoms with van der Waals surface area (Å²) >= 11 is 12.0. The van der Waals surface area contributed by atoms with Crippen LogP contribution in [-0.2, 0) is 11.3 Å². The number of fused-ring (bicyclic) bond motifs is 1. The van der Waals surface area contributed by atoms with Crippen molar-refractivity contribution in [3.8, 4) is 5.75 Å². The van der Waals surface area contributed by atoms with Gasteiger partial charge in [-0.1, -0.05) is 47.5 Å². The van der Waals surface area contributed by atoms with Crippen molar-refractivity contribution in [3.63, 3.8) is 0 Å². The van der Waals surface area contributed by atoms with Crippen molar-refractivity contribution in [2.24, 2.45) is 0 Å². The van der Waals surface area contributed by atoms with E-state index in [1.807, 2.05) is 31.2 Å². The molecule has 1 aromatic heterocycles. The van der Waals surface area contributed by atoms with Gasteiger partial charge in [0.25, 0.3) is 11.5 Å². The number of aryl methyl sites for hydroxylation is 1. The van der Waals surface area contributed by atoms with Gasteiger partial charge in [-0.05, 0) is 42.3 Å². The predicted molar refractivity (Wildman–Crippen MR) is 145 cm³/mol. The van der Waals surface area contributed by atoms with Gasteiger partial charge in [-0.2, -0.15) is 0 Å². The van der Waals surface area contributed by atoms with E-state index < -0.39 is 5.91 Å². The van der Waals surface area contributed by atoms with Crippen molar-refractivity contribution in [1.82, 2.24) is 9.55 Å². The highest BCUT2D eigenvalue weighted by Crippen LogP contribution is 2.33. The van der Waals surface area contributed by atoms with Crippen molar-refractivity contribution in [2.75, 3.05) is 36.5 Å². The lowest BCUT2D eigenvalue weighted by Crippen LogP contribution is -2.37. The number of halogens is 2. The van der Waals surface area contributed by atoms with E-state index in [4.69, 9.17) is 27.9 Å². The number of nitrogens with one attached hydrogen (secondary N) is 1. The second-order valence-electron chi connectivity index (χ2n) is 8.80. The van der Waals surface area contributed by atoms with E-state index in [2.05, 4.69) is 15.2 Å². The fourth-order valence-electron chi connectivity index (χ4n) is 4.45. The molecule has 1 aliphatic rings. The molecule has 1 amide bonds. The van der Waals surface area contributed by atoms with Crippen LogP contribution in [0.2, 0.25) is 10.0 Å². The van der Waals surface area contributed by atoms with Gasteiger partial charge in [0.15, 0.2) is 5.75 Å². The first-order valence-electron chi connectivity index (χ1n) is 11.7. The Hall–Kier alpha value is -3.59. The molecule has 8 nitrogen and oxygen atoms in total. The Kier molecular flexibility index (Phi) is 7.06. The van der Waals surface area contributed by atoms with Crippen LogP contribution in [0.5, 0.6) is 5.75 Å². The number of anilines is 2. The third kappa shape index (κ3) is 5.00. The van der Waals surface area contributed by atoms with E-state index >= 15 is 0 Å².